The summed E-state index contributed by atoms with van der Waals surface area (Å²) in [6, 6.07) is 10.8. The van der Waals surface area contributed by atoms with Crippen LogP contribution in [0.15, 0.2) is 36.4 Å². The van der Waals surface area contributed by atoms with E-state index in [2.05, 4.69) is 12.1 Å². The molecule has 0 saturated carbocycles. The molecule has 1 aliphatic carbocycles. The Morgan fingerprint density at radius 3 is 2.65 bits per heavy atom. The lowest BCUT2D eigenvalue weighted by Crippen LogP contribution is -2.04. The molecule has 0 atom stereocenters. The first-order valence-corrected chi connectivity index (χ1v) is 7.29. The Labute approximate surface area is 123 Å². The molecular weight excluding hydrogens is 275 g/mol. The number of hydrogen-bond donors (Lipinski definition) is 0. The first-order chi connectivity index (χ1) is 9.74. The molecule has 0 amide bonds. The second-order valence-corrected chi connectivity index (χ2v) is 5.53. The van der Waals surface area contributed by atoms with Gasteiger partial charge in [0.05, 0.1) is 5.02 Å². The standard InChI is InChI=1S/C17H16ClFO/c18-16-6-3-7-17(19)15(16)11-20-14-9-8-12-4-1-2-5-13(12)10-14/h3,6-10H,1-2,4-5,11H2. The van der Waals surface area contributed by atoms with Crippen molar-refractivity contribution in [1.82, 2.24) is 0 Å². The van der Waals surface area contributed by atoms with E-state index in [4.69, 9.17) is 16.3 Å². The van der Waals surface area contributed by atoms with Crippen LogP contribution in [0, 0.1) is 5.82 Å². The minimum atomic E-state index is -0.324. The van der Waals surface area contributed by atoms with E-state index in [-0.39, 0.29) is 12.4 Å². The van der Waals surface area contributed by atoms with E-state index in [0.717, 1.165) is 18.6 Å². The van der Waals surface area contributed by atoms with Crippen molar-refractivity contribution >= 4 is 11.6 Å². The lowest BCUT2D eigenvalue weighted by atomic mass is 9.92. The van der Waals surface area contributed by atoms with E-state index >= 15 is 0 Å². The Kier molecular flexibility index (Phi) is 3.93. The van der Waals surface area contributed by atoms with Crippen molar-refractivity contribution in [3.63, 3.8) is 0 Å². The molecule has 2 aromatic carbocycles. The first-order valence-electron chi connectivity index (χ1n) is 6.91. The number of fused-ring (bicyclic) bond motifs is 1. The summed E-state index contributed by atoms with van der Waals surface area (Å²) >= 11 is 5.99. The highest BCUT2D eigenvalue weighted by Gasteiger charge is 2.11. The zero-order valence-corrected chi connectivity index (χ0v) is 11.9. The van der Waals surface area contributed by atoms with Gasteiger partial charge in [0.2, 0.25) is 0 Å². The summed E-state index contributed by atoms with van der Waals surface area (Å²) in [5.74, 6) is 0.459. The van der Waals surface area contributed by atoms with Crippen molar-refractivity contribution in [2.24, 2.45) is 0 Å². The number of hydrogen-bond acceptors (Lipinski definition) is 1. The molecule has 3 heteroatoms. The average molecular weight is 291 g/mol. The zero-order chi connectivity index (χ0) is 13.9. The van der Waals surface area contributed by atoms with Gasteiger partial charge < -0.3 is 4.74 Å². The highest BCUT2D eigenvalue weighted by Crippen LogP contribution is 2.27. The molecule has 1 nitrogen and oxygen atoms in total. The molecule has 3 rings (SSSR count). The predicted molar refractivity (Wildman–Crippen MR) is 78.8 cm³/mol. The van der Waals surface area contributed by atoms with Gasteiger partial charge in [0.15, 0.2) is 0 Å². The van der Waals surface area contributed by atoms with Gasteiger partial charge in [-0.2, -0.15) is 0 Å². The maximum atomic E-state index is 13.7. The van der Waals surface area contributed by atoms with E-state index in [9.17, 15) is 4.39 Å². The summed E-state index contributed by atoms with van der Waals surface area (Å²) < 4.78 is 19.4. The van der Waals surface area contributed by atoms with Crippen LogP contribution >= 0.6 is 11.6 Å². The first kappa shape index (κ1) is 13.4. The Bertz CT molecular complexity index is 604. The van der Waals surface area contributed by atoms with Gasteiger partial charge >= 0.3 is 0 Å². The smallest absolute Gasteiger partial charge is 0.131 e. The lowest BCUT2D eigenvalue weighted by Gasteiger charge is -2.17. The highest BCUT2D eigenvalue weighted by atomic mass is 35.5. The van der Waals surface area contributed by atoms with Crippen molar-refractivity contribution in [3.8, 4) is 5.75 Å². The molecule has 0 aromatic heterocycles. The maximum absolute atomic E-state index is 13.7. The summed E-state index contributed by atoms with van der Waals surface area (Å²) in [4.78, 5) is 0. The van der Waals surface area contributed by atoms with Gasteiger partial charge in [-0.1, -0.05) is 23.7 Å². The number of rotatable bonds is 3. The fourth-order valence-corrected chi connectivity index (χ4v) is 2.84. The molecule has 20 heavy (non-hydrogen) atoms. The SMILES string of the molecule is Fc1cccc(Cl)c1COc1ccc2c(c1)CCCC2. The lowest BCUT2D eigenvalue weighted by molar-refractivity contribution is 0.299. The van der Waals surface area contributed by atoms with Crippen LogP contribution in [0.5, 0.6) is 5.75 Å². The van der Waals surface area contributed by atoms with Gasteiger partial charge in [-0.3, -0.25) is 0 Å². The molecule has 0 N–H and O–H groups in total. The topological polar surface area (TPSA) is 9.23 Å². The molecule has 104 valence electrons. The van der Waals surface area contributed by atoms with Crippen molar-refractivity contribution in [3.05, 3.63) is 63.9 Å². The van der Waals surface area contributed by atoms with Gasteiger partial charge in [0.1, 0.15) is 18.2 Å². The summed E-state index contributed by atoms with van der Waals surface area (Å²) in [6.45, 7) is 0.157. The predicted octanol–water partition coefficient (Wildman–Crippen LogP) is 4.94. The third-order valence-corrected chi connectivity index (χ3v) is 4.12. The van der Waals surface area contributed by atoms with Crippen molar-refractivity contribution in [1.29, 1.82) is 0 Å². The van der Waals surface area contributed by atoms with Crippen LogP contribution in [-0.4, -0.2) is 0 Å². The van der Waals surface area contributed by atoms with E-state index < -0.39 is 0 Å². The molecular formula is C17H16ClFO. The third kappa shape index (κ3) is 2.80. The molecule has 1 aliphatic rings. The zero-order valence-electron chi connectivity index (χ0n) is 11.2. The molecule has 0 spiro atoms. The fourth-order valence-electron chi connectivity index (χ4n) is 2.63. The monoisotopic (exact) mass is 290 g/mol. The summed E-state index contributed by atoms with van der Waals surface area (Å²) in [5.41, 5.74) is 3.17. The van der Waals surface area contributed by atoms with Gasteiger partial charge in [0.25, 0.3) is 0 Å². The van der Waals surface area contributed by atoms with Crippen LogP contribution in [0.2, 0.25) is 5.02 Å². The molecule has 0 radical (unpaired) electrons. The normalized spacial score (nSPS) is 13.9. The minimum Gasteiger partial charge on any atom is -0.489 e. The Morgan fingerprint density at radius 1 is 1.05 bits per heavy atom. The van der Waals surface area contributed by atoms with Crippen LogP contribution in [0.1, 0.15) is 29.5 Å². The Balaban J connectivity index is 1.75. The second-order valence-electron chi connectivity index (χ2n) is 5.13. The van der Waals surface area contributed by atoms with Crippen LogP contribution in [0.3, 0.4) is 0 Å². The van der Waals surface area contributed by atoms with Crippen LogP contribution in [0.4, 0.5) is 4.39 Å². The van der Waals surface area contributed by atoms with Gasteiger partial charge in [-0.15, -0.1) is 0 Å². The minimum absolute atomic E-state index is 0.157. The number of aryl methyl sites for hydroxylation is 2. The summed E-state index contributed by atoms with van der Waals surface area (Å²) in [6.07, 6.45) is 4.75. The van der Waals surface area contributed by atoms with E-state index in [1.807, 2.05) is 6.07 Å². The van der Waals surface area contributed by atoms with Gasteiger partial charge in [0, 0.05) is 5.56 Å². The van der Waals surface area contributed by atoms with E-state index in [1.165, 1.54) is 30.0 Å². The molecule has 0 fully saturated rings. The quantitative estimate of drug-likeness (QED) is 0.778. The number of benzene rings is 2. The fraction of sp³-hybridized carbons (Fsp3) is 0.294. The summed E-state index contributed by atoms with van der Waals surface area (Å²) in [7, 11) is 0. The largest absolute Gasteiger partial charge is 0.489 e. The Hall–Kier alpha value is -1.54. The molecule has 2 aromatic rings. The third-order valence-electron chi connectivity index (χ3n) is 3.76. The Morgan fingerprint density at radius 2 is 1.85 bits per heavy atom. The molecule has 0 aliphatic heterocycles. The van der Waals surface area contributed by atoms with E-state index in [1.54, 1.807) is 12.1 Å². The summed E-state index contributed by atoms with van der Waals surface area (Å²) in [5, 5.41) is 0.406. The molecule has 0 saturated heterocycles. The molecule has 0 heterocycles. The van der Waals surface area contributed by atoms with Crippen molar-refractivity contribution in [2.45, 2.75) is 32.3 Å². The second kappa shape index (κ2) is 5.84. The highest BCUT2D eigenvalue weighted by molar-refractivity contribution is 6.31. The van der Waals surface area contributed by atoms with Crippen LogP contribution in [0.25, 0.3) is 0 Å². The van der Waals surface area contributed by atoms with Gasteiger partial charge in [-0.25, -0.2) is 4.39 Å². The maximum Gasteiger partial charge on any atom is 0.131 e. The van der Waals surface area contributed by atoms with Crippen LogP contribution in [-0.2, 0) is 19.4 Å². The number of halogens is 2. The van der Waals surface area contributed by atoms with Crippen molar-refractivity contribution < 1.29 is 9.13 Å². The van der Waals surface area contributed by atoms with Crippen LogP contribution < -0.4 is 4.74 Å². The van der Waals surface area contributed by atoms with Crippen molar-refractivity contribution in [2.75, 3.05) is 0 Å². The molecule has 0 unspecified atom stereocenters. The van der Waals surface area contributed by atoms with Gasteiger partial charge in [-0.05, 0) is 61.1 Å². The number of ether oxygens (including phenoxy) is 1. The average Bonchev–Trinajstić information content (AvgIpc) is 2.46. The molecule has 0 bridgehead atoms. The van der Waals surface area contributed by atoms with E-state index in [0.29, 0.717) is 10.6 Å².